The monoisotopic (exact) mass is 446 g/mol. The minimum absolute atomic E-state index is 0.0559. The number of methoxy groups -OCH3 is 1. The van der Waals surface area contributed by atoms with Gasteiger partial charge in [-0.3, -0.25) is 4.79 Å². The summed E-state index contributed by atoms with van der Waals surface area (Å²) < 4.78 is 34.7. The Hall–Kier alpha value is -0.610. The Morgan fingerprint density at radius 1 is 0.871 bits per heavy atom. The molecule has 0 aromatic rings. The molecule has 0 unspecified atom stereocenters. The minimum atomic E-state index is -0.912. The van der Waals surface area contributed by atoms with Crippen molar-refractivity contribution < 1.29 is 38.3 Å². The maximum Gasteiger partial charge on any atom is 0.173 e. The summed E-state index contributed by atoms with van der Waals surface area (Å²) in [6.45, 7) is 13.5. The zero-order chi connectivity index (χ0) is 23.2. The smallest absolute Gasteiger partial charge is 0.173 e. The van der Waals surface area contributed by atoms with Gasteiger partial charge in [0.05, 0.1) is 38.6 Å². The third-order valence-corrected chi connectivity index (χ3v) is 7.21. The normalized spacial score (nSPS) is 26.2. The molecule has 0 aromatic heterocycles. The molecule has 2 saturated heterocycles. The zero-order valence-electron chi connectivity index (χ0n) is 20.2. The van der Waals surface area contributed by atoms with Crippen molar-refractivity contribution in [3.63, 3.8) is 0 Å². The SMILES string of the molecule is CCC1([C@@H](C)[C@H](O)[C@@H](C)C(=O)[C@H](C)[C@@H](OCOC)[C@H](C)C2(CC)OCCO2)OCCO1. The van der Waals surface area contributed by atoms with Gasteiger partial charge < -0.3 is 33.5 Å². The van der Waals surface area contributed by atoms with Crippen molar-refractivity contribution in [3.05, 3.63) is 0 Å². The minimum Gasteiger partial charge on any atom is -0.392 e. The summed E-state index contributed by atoms with van der Waals surface area (Å²) in [7, 11) is 1.55. The van der Waals surface area contributed by atoms with E-state index in [0.717, 1.165) is 0 Å². The van der Waals surface area contributed by atoms with Gasteiger partial charge in [0.25, 0.3) is 0 Å². The van der Waals surface area contributed by atoms with Crippen LogP contribution in [0.25, 0.3) is 0 Å². The lowest BCUT2D eigenvalue weighted by Gasteiger charge is -2.41. The van der Waals surface area contributed by atoms with Crippen molar-refractivity contribution in [1.29, 1.82) is 0 Å². The molecule has 2 aliphatic rings. The van der Waals surface area contributed by atoms with Crippen LogP contribution in [0, 0.1) is 23.7 Å². The number of rotatable bonds is 13. The summed E-state index contributed by atoms with van der Waals surface area (Å²) in [5, 5.41) is 11.1. The molecule has 0 aromatic carbocycles. The molecule has 0 bridgehead atoms. The summed E-state index contributed by atoms with van der Waals surface area (Å²) in [4.78, 5) is 13.5. The lowest BCUT2D eigenvalue weighted by atomic mass is 9.77. The van der Waals surface area contributed by atoms with Crippen molar-refractivity contribution >= 4 is 5.78 Å². The van der Waals surface area contributed by atoms with Gasteiger partial charge in [-0.05, 0) is 12.8 Å². The predicted molar refractivity (Wildman–Crippen MR) is 114 cm³/mol. The first-order valence-electron chi connectivity index (χ1n) is 11.6. The maximum atomic E-state index is 13.5. The van der Waals surface area contributed by atoms with Gasteiger partial charge in [-0.15, -0.1) is 0 Å². The van der Waals surface area contributed by atoms with Gasteiger partial charge in [0.15, 0.2) is 11.6 Å². The number of hydrogen-bond donors (Lipinski definition) is 1. The summed E-state index contributed by atoms with van der Waals surface area (Å²) in [6.07, 6.45) is -0.156. The molecule has 0 radical (unpaired) electrons. The Bertz CT molecular complexity index is 556. The van der Waals surface area contributed by atoms with Crippen molar-refractivity contribution in [2.75, 3.05) is 40.3 Å². The number of aliphatic hydroxyl groups is 1. The fourth-order valence-corrected chi connectivity index (χ4v) is 5.08. The molecule has 2 fully saturated rings. The Labute approximate surface area is 186 Å². The number of carbonyl (C=O) groups is 1. The lowest BCUT2D eigenvalue weighted by Crippen LogP contribution is -2.51. The van der Waals surface area contributed by atoms with E-state index in [-0.39, 0.29) is 24.4 Å². The van der Waals surface area contributed by atoms with Gasteiger partial charge in [0.2, 0.25) is 0 Å². The molecular formula is C23H42O8. The van der Waals surface area contributed by atoms with Crippen LogP contribution in [0.2, 0.25) is 0 Å². The van der Waals surface area contributed by atoms with Gasteiger partial charge >= 0.3 is 0 Å². The molecule has 0 spiro atoms. The van der Waals surface area contributed by atoms with Crippen LogP contribution in [0.3, 0.4) is 0 Å². The Morgan fingerprint density at radius 3 is 1.74 bits per heavy atom. The molecule has 6 atom stereocenters. The number of hydrogen-bond acceptors (Lipinski definition) is 8. The molecule has 2 heterocycles. The van der Waals surface area contributed by atoms with E-state index in [4.69, 9.17) is 28.4 Å². The van der Waals surface area contributed by atoms with Crippen molar-refractivity contribution in [2.24, 2.45) is 23.7 Å². The molecule has 8 heteroatoms. The van der Waals surface area contributed by atoms with Crippen LogP contribution >= 0.6 is 0 Å². The third-order valence-electron chi connectivity index (χ3n) is 7.21. The first-order chi connectivity index (χ1) is 14.7. The van der Waals surface area contributed by atoms with Crippen LogP contribution in [0.15, 0.2) is 0 Å². The van der Waals surface area contributed by atoms with Crippen molar-refractivity contribution in [3.8, 4) is 0 Å². The highest BCUT2D eigenvalue weighted by molar-refractivity contribution is 5.84. The van der Waals surface area contributed by atoms with E-state index in [1.165, 1.54) is 0 Å². The highest BCUT2D eigenvalue weighted by Gasteiger charge is 2.50. The average molecular weight is 447 g/mol. The molecule has 31 heavy (non-hydrogen) atoms. The zero-order valence-corrected chi connectivity index (χ0v) is 20.2. The van der Waals surface area contributed by atoms with E-state index in [1.54, 1.807) is 14.0 Å². The van der Waals surface area contributed by atoms with Crippen LogP contribution < -0.4 is 0 Å². The fourth-order valence-electron chi connectivity index (χ4n) is 5.08. The number of carbonyl (C=O) groups excluding carboxylic acids is 1. The topological polar surface area (TPSA) is 92.7 Å². The predicted octanol–water partition coefficient (Wildman–Crippen LogP) is 2.76. The quantitative estimate of drug-likeness (QED) is 0.432. The van der Waals surface area contributed by atoms with E-state index < -0.39 is 35.6 Å². The molecule has 1 N–H and O–H groups in total. The van der Waals surface area contributed by atoms with Crippen LogP contribution in [0.4, 0.5) is 0 Å². The number of Topliss-reactive ketones (excluding diaryl/α,β-unsaturated/α-hetero) is 1. The molecule has 2 rings (SSSR count). The van der Waals surface area contributed by atoms with Crippen LogP contribution in [0.5, 0.6) is 0 Å². The van der Waals surface area contributed by atoms with Crippen molar-refractivity contribution in [1.82, 2.24) is 0 Å². The van der Waals surface area contributed by atoms with E-state index in [0.29, 0.717) is 39.3 Å². The molecule has 8 nitrogen and oxygen atoms in total. The maximum absolute atomic E-state index is 13.5. The summed E-state index contributed by atoms with van der Waals surface area (Å²) >= 11 is 0. The Balaban J connectivity index is 2.17. The van der Waals surface area contributed by atoms with E-state index in [9.17, 15) is 9.90 Å². The van der Waals surface area contributed by atoms with Crippen LogP contribution in [-0.2, 0) is 33.2 Å². The molecule has 2 aliphatic heterocycles. The second-order valence-corrected chi connectivity index (χ2v) is 8.81. The molecule has 0 saturated carbocycles. The Kier molecular flexibility index (Phi) is 9.88. The summed E-state index contributed by atoms with van der Waals surface area (Å²) in [5.41, 5.74) is 0. The van der Waals surface area contributed by atoms with E-state index in [1.807, 2.05) is 34.6 Å². The standard InChI is InChI=1S/C23H42O8/c1-8-22(28-10-11-29-22)17(5)20(25)15(3)19(24)16(4)21(27-14-26-7)18(6)23(9-2)30-12-13-31-23/h15-18,20-21,25H,8-14H2,1-7H3/t15-,16-,17-,18-,20+,21+/m0/s1. The number of aliphatic hydroxyl groups excluding tert-OH is 1. The lowest BCUT2D eigenvalue weighted by molar-refractivity contribution is -0.235. The Morgan fingerprint density at radius 2 is 1.32 bits per heavy atom. The highest BCUT2D eigenvalue weighted by Crippen LogP contribution is 2.39. The summed E-state index contributed by atoms with van der Waals surface area (Å²) in [6, 6.07) is 0. The van der Waals surface area contributed by atoms with Gasteiger partial charge in [0.1, 0.15) is 12.6 Å². The largest absolute Gasteiger partial charge is 0.392 e. The van der Waals surface area contributed by atoms with Crippen LogP contribution in [0.1, 0.15) is 54.4 Å². The highest BCUT2D eigenvalue weighted by atomic mass is 16.7. The first kappa shape index (κ1) is 26.6. The third kappa shape index (κ3) is 5.49. The molecule has 0 aliphatic carbocycles. The second kappa shape index (κ2) is 11.5. The van der Waals surface area contributed by atoms with Crippen molar-refractivity contribution in [2.45, 2.75) is 78.2 Å². The first-order valence-corrected chi connectivity index (χ1v) is 11.6. The van der Waals surface area contributed by atoms with E-state index in [2.05, 4.69) is 0 Å². The van der Waals surface area contributed by atoms with Crippen LogP contribution in [-0.4, -0.2) is 75.0 Å². The van der Waals surface area contributed by atoms with Gasteiger partial charge in [0, 0.05) is 30.8 Å². The molecular weight excluding hydrogens is 404 g/mol. The average Bonchev–Trinajstić information content (AvgIpc) is 3.47. The van der Waals surface area contributed by atoms with E-state index >= 15 is 0 Å². The van der Waals surface area contributed by atoms with Gasteiger partial charge in [-0.1, -0.05) is 41.5 Å². The number of ether oxygens (including phenoxy) is 6. The fraction of sp³-hybridized carbons (Fsp3) is 0.957. The van der Waals surface area contributed by atoms with Gasteiger partial charge in [-0.2, -0.15) is 0 Å². The molecule has 182 valence electrons. The van der Waals surface area contributed by atoms with Gasteiger partial charge in [-0.25, -0.2) is 0 Å². The second-order valence-electron chi connectivity index (χ2n) is 8.81. The number of ketones is 1. The molecule has 0 amide bonds. The summed E-state index contributed by atoms with van der Waals surface area (Å²) in [5.74, 6) is -3.41.